The van der Waals surface area contributed by atoms with E-state index in [0.29, 0.717) is 17.8 Å². The van der Waals surface area contributed by atoms with Gasteiger partial charge in [-0.15, -0.1) is 0 Å². The van der Waals surface area contributed by atoms with E-state index in [9.17, 15) is 5.11 Å². The molecule has 4 nitrogen and oxygen atoms in total. The topological polar surface area (TPSA) is 65.6 Å². The predicted octanol–water partition coefficient (Wildman–Crippen LogP) is 1.64. The van der Waals surface area contributed by atoms with Crippen LogP contribution in [0.25, 0.3) is 0 Å². The highest BCUT2D eigenvalue weighted by Gasteiger charge is 2.18. The molecule has 0 radical (unpaired) electrons. The maximum atomic E-state index is 9.50. The normalized spacial score (nSPS) is 15.3. The van der Waals surface area contributed by atoms with Gasteiger partial charge in [0.05, 0.1) is 23.2 Å². The van der Waals surface area contributed by atoms with E-state index in [-0.39, 0.29) is 6.61 Å². The van der Waals surface area contributed by atoms with Crippen LogP contribution < -0.4 is 5.32 Å². The number of furan rings is 1. The molecular weight excluding hydrogens is 330 g/mol. The molecule has 0 bridgehead atoms. The molecule has 0 aliphatic carbocycles. The Morgan fingerprint density at radius 3 is 2.67 bits per heavy atom. The molecule has 3 N–H and O–H groups in total. The lowest BCUT2D eigenvalue weighted by atomic mass is 10.1. The zero-order chi connectivity index (χ0) is 11.5. The van der Waals surface area contributed by atoms with Gasteiger partial charge in [0.1, 0.15) is 5.76 Å². The van der Waals surface area contributed by atoms with Crippen LogP contribution in [0.3, 0.4) is 0 Å². The van der Waals surface area contributed by atoms with Crippen LogP contribution >= 0.6 is 31.9 Å². The van der Waals surface area contributed by atoms with Gasteiger partial charge in [-0.2, -0.15) is 0 Å². The SMILES string of the molecule is CC(O)(CO)CNCc1cc(Br)c(Br)o1. The smallest absolute Gasteiger partial charge is 0.183 e. The van der Waals surface area contributed by atoms with Crippen molar-refractivity contribution < 1.29 is 14.6 Å². The summed E-state index contributed by atoms with van der Waals surface area (Å²) in [6, 6.07) is 1.84. The van der Waals surface area contributed by atoms with Crippen LogP contribution in [0.15, 0.2) is 19.6 Å². The second-order valence-corrected chi connectivity index (χ2v) is 5.17. The number of nitrogens with one attached hydrogen (secondary N) is 1. The Morgan fingerprint density at radius 2 is 2.20 bits per heavy atom. The van der Waals surface area contributed by atoms with Crippen molar-refractivity contribution in [2.24, 2.45) is 0 Å². The first kappa shape index (κ1) is 13.2. The van der Waals surface area contributed by atoms with Crippen molar-refractivity contribution in [3.8, 4) is 0 Å². The third-order valence-electron chi connectivity index (χ3n) is 1.84. The van der Waals surface area contributed by atoms with Gasteiger partial charge >= 0.3 is 0 Å². The molecule has 0 saturated carbocycles. The van der Waals surface area contributed by atoms with Crippen molar-refractivity contribution in [1.29, 1.82) is 0 Å². The molecule has 0 aromatic carbocycles. The van der Waals surface area contributed by atoms with E-state index in [4.69, 9.17) is 9.52 Å². The fraction of sp³-hybridized carbons (Fsp3) is 0.556. The molecule has 6 heteroatoms. The first-order chi connectivity index (χ1) is 6.94. The Balaban J connectivity index is 2.38. The number of halogens is 2. The largest absolute Gasteiger partial charge is 0.452 e. The Hall–Kier alpha value is 0.120. The summed E-state index contributed by atoms with van der Waals surface area (Å²) in [6.45, 7) is 2.10. The van der Waals surface area contributed by atoms with Gasteiger partial charge in [-0.3, -0.25) is 0 Å². The zero-order valence-corrected chi connectivity index (χ0v) is 11.4. The first-order valence-corrected chi connectivity index (χ1v) is 6.01. The molecule has 1 rings (SSSR count). The van der Waals surface area contributed by atoms with Crippen LogP contribution in [0.1, 0.15) is 12.7 Å². The molecule has 1 atom stereocenters. The summed E-state index contributed by atoms with van der Waals surface area (Å²) in [7, 11) is 0. The van der Waals surface area contributed by atoms with E-state index < -0.39 is 5.60 Å². The molecule has 15 heavy (non-hydrogen) atoms. The molecule has 0 fully saturated rings. The standard InChI is InChI=1S/C9H13Br2NO3/c1-9(14,5-13)4-12-3-6-2-7(10)8(11)15-6/h2,12-14H,3-5H2,1H3. The van der Waals surface area contributed by atoms with Crippen LogP contribution in [-0.4, -0.2) is 29.0 Å². The van der Waals surface area contributed by atoms with Gasteiger partial charge in [0.2, 0.25) is 0 Å². The van der Waals surface area contributed by atoms with Crippen LogP contribution in [-0.2, 0) is 6.54 Å². The van der Waals surface area contributed by atoms with Crippen molar-refractivity contribution in [1.82, 2.24) is 5.32 Å². The Bertz CT molecular complexity index is 306. The van der Waals surface area contributed by atoms with E-state index in [1.807, 2.05) is 6.07 Å². The summed E-state index contributed by atoms with van der Waals surface area (Å²) in [4.78, 5) is 0. The molecule has 0 spiro atoms. The molecule has 0 saturated heterocycles. The monoisotopic (exact) mass is 341 g/mol. The molecule has 1 aromatic heterocycles. The summed E-state index contributed by atoms with van der Waals surface area (Å²) in [5, 5.41) is 21.3. The minimum absolute atomic E-state index is 0.272. The average molecular weight is 343 g/mol. The van der Waals surface area contributed by atoms with E-state index in [2.05, 4.69) is 37.2 Å². The summed E-state index contributed by atoms with van der Waals surface area (Å²) in [5.74, 6) is 0.752. The summed E-state index contributed by atoms with van der Waals surface area (Å²) in [6.07, 6.45) is 0. The minimum Gasteiger partial charge on any atom is -0.452 e. The maximum absolute atomic E-state index is 9.50. The van der Waals surface area contributed by atoms with Gasteiger partial charge in [0.25, 0.3) is 0 Å². The second-order valence-electron chi connectivity index (χ2n) is 3.59. The lowest BCUT2D eigenvalue weighted by Crippen LogP contribution is -2.40. The van der Waals surface area contributed by atoms with Crippen LogP contribution in [0.2, 0.25) is 0 Å². The van der Waals surface area contributed by atoms with Crippen molar-refractivity contribution in [3.63, 3.8) is 0 Å². The van der Waals surface area contributed by atoms with E-state index in [1.165, 1.54) is 0 Å². The van der Waals surface area contributed by atoms with E-state index in [1.54, 1.807) is 6.92 Å². The Morgan fingerprint density at radius 1 is 1.53 bits per heavy atom. The number of aliphatic hydroxyl groups is 2. The maximum Gasteiger partial charge on any atom is 0.183 e. The lowest BCUT2D eigenvalue weighted by molar-refractivity contribution is 0.00226. The molecular formula is C9H13Br2NO3. The quantitative estimate of drug-likeness (QED) is 0.761. The lowest BCUT2D eigenvalue weighted by Gasteiger charge is -2.20. The average Bonchev–Trinajstić information content (AvgIpc) is 2.46. The van der Waals surface area contributed by atoms with Crippen molar-refractivity contribution in [2.75, 3.05) is 13.2 Å². The first-order valence-electron chi connectivity index (χ1n) is 4.42. The van der Waals surface area contributed by atoms with Gasteiger partial charge < -0.3 is 19.9 Å². The van der Waals surface area contributed by atoms with Gasteiger partial charge in [-0.25, -0.2) is 0 Å². The van der Waals surface area contributed by atoms with Crippen LogP contribution in [0, 0.1) is 0 Å². The second kappa shape index (κ2) is 5.45. The molecule has 1 heterocycles. The molecule has 0 aliphatic heterocycles. The summed E-state index contributed by atoms with van der Waals surface area (Å²) < 4.78 is 6.83. The number of hydrogen-bond acceptors (Lipinski definition) is 4. The third-order valence-corrected chi connectivity index (χ3v) is 3.55. The van der Waals surface area contributed by atoms with Crippen molar-refractivity contribution in [3.05, 3.63) is 21.0 Å². The van der Waals surface area contributed by atoms with Gasteiger partial charge in [0, 0.05) is 6.54 Å². The molecule has 86 valence electrons. The summed E-state index contributed by atoms with van der Waals surface area (Å²) in [5.41, 5.74) is -1.10. The van der Waals surface area contributed by atoms with Crippen LogP contribution in [0.5, 0.6) is 0 Å². The number of hydrogen-bond donors (Lipinski definition) is 3. The Kier molecular flexibility index (Phi) is 4.79. The fourth-order valence-electron chi connectivity index (χ4n) is 0.989. The Labute approximate surface area is 105 Å². The van der Waals surface area contributed by atoms with Crippen LogP contribution in [0.4, 0.5) is 0 Å². The zero-order valence-electron chi connectivity index (χ0n) is 8.26. The van der Waals surface area contributed by atoms with Crippen molar-refractivity contribution in [2.45, 2.75) is 19.1 Å². The molecule has 1 aromatic rings. The predicted molar refractivity (Wildman–Crippen MR) is 63.5 cm³/mol. The van der Waals surface area contributed by atoms with Crippen molar-refractivity contribution >= 4 is 31.9 Å². The number of rotatable bonds is 5. The van der Waals surface area contributed by atoms with Gasteiger partial charge in [0.15, 0.2) is 4.67 Å². The highest BCUT2D eigenvalue weighted by atomic mass is 79.9. The van der Waals surface area contributed by atoms with E-state index >= 15 is 0 Å². The van der Waals surface area contributed by atoms with Gasteiger partial charge in [-0.05, 0) is 44.8 Å². The minimum atomic E-state index is -1.10. The highest BCUT2D eigenvalue weighted by molar-refractivity contribution is 9.13. The third kappa shape index (κ3) is 4.24. The number of aliphatic hydroxyl groups excluding tert-OH is 1. The van der Waals surface area contributed by atoms with E-state index in [0.717, 1.165) is 10.2 Å². The molecule has 0 aliphatic rings. The molecule has 0 amide bonds. The summed E-state index contributed by atoms with van der Waals surface area (Å²) >= 11 is 6.53. The molecule has 1 unspecified atom stereocenters. The highest BCUT2D eigenvalue weighted by Crippen LogP contribution is 2.26. The fourth-order valence-corrected chi connectivity index (χ4v) is 1.65. The van der Waals surface area contributed by atoms with Gasteiger partial charge in [-0.1, -0.05) is 0 Å².